The number of methoxy groups -OCH3 is 1. The quantitative estimate of drug-likeness (QED) is 0.407. The van der Waals surface area contributed by atoms with Gasteiger partial charge in [0.2, 0.25) is 5.95 Å². The highest BCUT2D eigenvalue weighted by atomic mass is 16.5. The minimum Gasteiger partial charge on any atom is -0.497 e. The lowest BCUT2D eigenvalue weighted by molar-refractivity contribution is 0.276. The van der Waals surface area contributed by atoms with Gasteiger partial charge in [-0.1, -0.05) is 54.6 Å². The Morgan fingerprint density at radius 2 is 1.63 bits per heavy atom. The number of nitrogens with zero attached hydrogens (tertiary/aromatic N) is 2. The number of nitrogens with one attached hydrogen (secondary N) is 2. The van der Waals surface area contributed by atoms with E-state index < -0.39 is 0 Å². The third kappa shape index (κ3) is 4.50. The Labute approximate surface area is 175 Å². The van der Waals surface area contributed by atoms with Crippen molar-refractivity contribution in [3.63, 3.8) is 0 Å². The molecule has 4 rings (SSSR count). The fourth-order valence-corrected chi connectivity index (χ4v) is 3.28. The predicted molar refractivity (Wildman–Crippen MR) is 120 cm³/mol. The summed E-state index contributed by atoms with van der Waals surface area (Å²) in [7, 11) is 1.66. The van der Waals surface area contributed by atoms with E-state index >= 15 is 0 Å². The fourth-order valence-electron chi connectivity index (χ4n) is 3.28. The first-order valence-corrected chi connectivity index (χ1v) is 9.83. The zero-order valence-electron chi connectivity index (χ0n) is 16.7. The second kappa shape index (κ2) is 9.24. The Morgan fingerprint density at radius 1 is 0.900 bits per heavy atom. The van der Waals surface area contributed by atoms with Crippen LogP contribution in [0, 0.1) is 0 Å². The molecule has 0 aliphatic heterocycles. The summed E-state index contributed by atoms with van der Waals surface area (Å²) in [6.45, 7) is 0.557. The van der Waals surface area contributed by atoms with E-state index in [2.05, 4.69) is 15.6 Å². The second-order valence-corrected chi connectivity index (χ2v) is 6.90. The number of hydrogen-bond donors (Lipinski definition) is 3. The van der Waals surface area contributed by atoms with Gasteiger partial charge in [-0.05, 0) is 35.4 Å². The number of para-hydroxylation sites is 1. The van der Waals surface area contributed by atoms with Gasteiger partial charge in [0, 0.05) is 11.9 Å². The van der Waals surface area contributed by atoms with Gasteiger partial charge in [-0.25, -0.2) is 4.98 Å². The third-order valence-corrected chi connectivity index (χ3v) is 4.91. The summed E-state index contributed by atoms with van der Waals surface area (Å²) in [5.41, 5.74) is 2.92. The Bertz CT molecular complexity index is 1100. The van der Waals surface area contributed by atoms with E-state index in [0.29, 0.717) is 12.5 Å². The molecule has 1 atom stereocenters. The zero-order chi connectivity index (χ0) is 20.8. The van der Waals surface area contributed by atoms with Gasteiger partial charge >= 0.3 is 0 Å². The number of aromatic nitrogens is 2. The van der Waals surface area contributed by atoms with Crippen LogP contribution in [0.2, 0.25) is 0 Å². The standard InChI is InChI=1S/C24H24N4O2/c1-30-19-13-11-17(12-14-19)15-25-23-20-9-5-6-10-21(20)26-24(28-23)27-22(16-29)18-7-3-2-4-8-18/h2-14,22,29H,15-16H2,1H3,(H2,25,26,27,28)/t22-/m0/s1. The number of aliphatic hydroxyl groups is 1. The van der Waals surface area contributed by atoms with Crippen molar-refractivity contribution in [3.8, 4) is 5.75 Å². The van der Waals surface area contributed by atoms with Crippen molar-refractivity contribution in [2.24, 2.45) is 0 Å². The van der Waals surface area contributed by atoms with Gasteiger partial charge in [0.05, 0.1) is 25.3 Å². The molecule has 0 amide bonds. The topological polar surface area (TPSA) is 79.3 Å². The van der Waals surface area contributed by atoms with Crippen LogP contribution in [0.1, 0.15) is 17.2 Å². The van der Waals surface area contributed by atoms with Crippen LogP contribution in [-0.4, -0.2) is 28.8 Å². The number of fused-ring (bicyclic) bond motifs is 1. The summed E-state index contributed by atoms with van der Waals surface area (Å²) in [5.74, 6) is 2.03. The number of ether oxygens (including phenoxy) is 1. The number of benzene rings is 3. The molecule has 0 bridgehead atoms. The molecule has 0 unspecified atom stereocenters. The maximum absolute atomic E-state index is 9.87. The molecule has 0 saturated heterocycles. The summed E-state index contributed by atoms with van der Waals surface area (Å²) in [6, 6.07) is 25.3. The molecule has 6 heteroatoms. The maximum Gasteiger partial charge on any atom is 0.225 e. The Kier molecular flexibility index (Phi) is 6.06. The molecule has 6 nitrogen and oxygen atoms in total. The molecule has 0 saturated carbocycles. The first kappa shape index (κ1) is 19.7. The molecular weight excluding hydrogens is 376 g/mol. The largest absolute Gasteiger partial charge is 0.497 e. The number of aliphatic hydroxyl groups excluding tert-OH is 1. The van der Waals surface area contributed by atoms with Crippen molar-refractivity contribution in [2.75, 3.05) is 24.4 Å². The normalized spacial score (nSPS) is 11.8. The number of rotatable bonds is 8. The first-order valence-electron chi connectivity index (χ1n) is 9.83. The molecule has 1 heterocycles. The van der Waals surface area contributed by atoms with Crippen molar-refractivity contribution in [1.29, 1.82) is 0 Å². The average Bonchev–Trinajstić information content (AvgIpc) is 2.82. The molecule has 3 aromatic carbocycles. The molecule has 30 heavy (non-hydrogen) atoms. The van der Waals surface area contributed by atoms with Crippen LogP contribution in [-0.2, 0) is 6.54 Å². The second-order valence-electron chi connectivity index (χ2n) is 6.90. The van der Waals surface area contributed by atoms with Gasteiger partial charge in [-0.15, -0.1) is 0 Å². The van der Waals surface area contributed by atoms with Crippen LogP contribution < -0.4 is 15.4 Å². The molecule has 0 aliphatic carbocycles. The summed E-state index contributed by atoms with van der Waals surface area (Å²) in [5, 5.41) is 17.5. The van der Waals surface area contributed by atoms with Crippen molar-refractivity contribution in [3.05, 3.63) is 90.0 Å². The first-order chi connectivity index (χ1) is 14.8. The van der Waals surface area contributed by atoms with Crippen molar-refractivity contribution in [2.45, 2.75) is 12.6 Å². The molecule has 0 radical (unpaired) electrons. The van der Waals surface area contributed by atoms with Crippen LogP contribution in [0.3, 0.4) is 0 Å². The van der Waals surface area contributed by atoms with Crippen molar-refractivity contribution < 1.29 is 9.84 Å². The van der Waals surface area contributed by atoms with Gasteiger partial charge in [0.1, 0.15) is 11.6 Å². The highest BCUT2D eigenvalue weighted by Crippen LogP contribution is 2.25. The third-order valence-electron chi connectivity index (χ3n) is 4.91. The molecule has 152 valence electrons. The Balaban J connectivity index is 1.60. The number of anilines is 2. The van der Waals surface area contributed by atoms with Crippen LogP contribution in [0.4, 0.5) is 11.8 Å². The van der Waals surface area contributed by atoms with Crippen LogP contribution in [0.15, 0.2) is 78.9 Å². The van der Waals surface area contributed by atoms with E-state index in [0.717, 1.165) is 33.6 Å². The van der Waals surface area contributed by atoms with Gasteiger partial charge < -0.3 is 20.5 Å². The SMILES string of the molecule is COc1ccc(CNc2nc(N[C@@H](CO)c3ccccc3)nc3ccccc23)cc1. The minimum absolute atomic E-state index is 0.0607. The van der Waals surface area contributed by atoms with Crippen molar-refractivity contribution >= 4 is 22.7 Å². The smallest absolute Gasteiger partial charge is 0.225 e. The molecular formula is C24H24N4O2. The summed E-state index contributed by atoms with van der Waals surface area (Å²) >= 11 is 0. The van der Waals surface area contributed by atoms with Gasteiger partial charge in [0.25, 0.3) is 0 Å². The van der Waals surface area contributed by atoms with Gasteiger partial charge in [-0.2, -0.15) is 4.98 Å². The average molecular weight is 400 g/mol. The molecule has 1 aromatic heterocycles. The summed E-state index contributed by atoms with van der Waals surface area (Å²) in [4.78, 5) is 9.33. The lowest BCUT2D eigenvalue weighted by Gasteiger charge is -2.18. The summed E-state index contributed by atoms with van der Waals surface area (Å²) < 4.78 is 5.22. The molecule has 0 aliphatic rings. The zero-order valence-corrected chi connectivity index (χ0v) is 16.7. The lowest BCUT2D eigenvalue weighted by Crippen LogP contribution is -2.17. The molecule has 3 N–H and O–H groups in total. The Hall–Kier alpha value is -3.64. The molecule has 0 fully saturated rings. The number of hydrogen-bond acceptors (Lipinski definition) is 6. The van der Waals surface area contributed by atoms with E-state index in [1.807, 2.05) is 78.9 Å². The monoisotopic (exact) mass is 400 g/mol. The Morgan fingerprint density at radius 3 is 2.37 bits per heavy atom. The highest BCUT2D eigenvalue weighted by molar-refractivity contribution is 5.90. The van der Waals surface area contributed by atoms with Crippen molar-refractivity contribution in [1.82, 2.24) is 9.97 Å². The molecule has 0 spiro atoms. The van der Waals surface area contributed by atoms with Gasteiger partial charge in [-0.3, -0.25) is 0 Å². The highest BCUT2D eigenvalue weighted by Gasteiger charge is 2.14. The maximum atomic E-state index is 9.87. The van der Waals surface area contributed by atoms with Crippen LogP contribution in [0.5, 0.6) is 5.75 Å². The van der Waals surface area contributed by atoms with E-state index in [9.17, 15) is 5.11 Å². The predicted octanol–water partition coefficient (Wildman–Crippen LogP) is 4.40. The van der Waals surface area contributed by atoms with Crippen LogP contribution >= 0.6 is 0 Å². The van der Waals surface area contributed by atoms with E-state index in [1.165, 1.54) is 0 Å². The minimum atomic E-state index is -0.290. The fraction of sp³-hybridized carbons (Fsp3) is 0.167. The lowest BCUT2D eigenvalue weighted by atomic mass is 10.1. The van der Waals surface area contributed by atoms with Crippen LogP contribution in [0.25, 0.3) is 10.9 Å². The van der Waals surface area contributed by atoms with E-state index in [4.69, 9.17) is 9.72 Å². The van der Waals surface area contributed by atoms with E-state index in [-0.39, 0.29) is 12.6 Å². The summed E-state index contributed by atoms with van der Waals surface area (Å²) in [6.07, 6.45) is 0. The molecule has 4 aromatic rings. The van der Waals surface area contributed by atoms with Gasteiger partial charge in [0.15, 0.2) is 0 Å². The van der Waals surface area contributed by atoms with E-state index in [1.54, 1.807) is 7.11 Å².